The smallest absolute Gasteiger partial charge is 0.272 e. The highest BCUT2D eigenvalue weighted by molar-refractivity contribution is 7.89. The van der Waals surface area contributed by atoms with Crippen LogP contribution in [0.4, 0.5) is 5.69 Å². The van der Waals surface area contributed by atoms with Gasteiger partial charge in [0.15, 0.2) is 5.69 Å². The first-order valence-corrected chi connectivity index (χ1v) is 11.9. The van der Waals surface area contributed by atoms with Crippen molar-refractivity contribution in [2.75, 3.05) is 19.7 Å². The van der Waals surface area contributed by atoms with E-state index in [4.69, 9.17) is 9.47 Å². The van der Waals surface area contributed by atoms with Gasteiger partial charge in [-0.15, -0.1) is 0 Å². The van der Waals surface area contributed by atoms with Gasteiger partial charge in [0, 0.05) is 44.9 Å². The second-order valence-corrected chi connectivity index (χ2v) is 9.81. The lowest BCUT2D eigenvalue weighted by atomic mass is 10.2. The summed E-state index contributed by atoms with van der Waals surface area (Å²) in [6.45, 7) is 4.83. The number of nitro groups is 1. The first-order valence-electron chi connectivity index (χ1n) is 10.5. The molecule has 13 heteroatoms. The Kier molecular flexibility index (Phi) is 7.66. The minimum absolute atomic E-state index is 0.0237. The van der Waals surface area contributed by atoms with E-state index in [0.29, 0.717) is 13.2 Å². The summed E-state index contributed by atoms with van der Waals surface area (Å²) >= 11 is 0. The number of nitrogens with one attached hydrogen (secondary N) is 2. The van der Waals surface area contributed by atoms with Crippen molar-refractivity contribution in [3.05, 3.63) is 40.1 Å². The van der Waals surface area contributed by atoms with Crippen LogP contribution >= 0.6 is 0 Å². The summed E-state index contributed by atoms with van der Waals surface area (Å²) < 4.78 is 40.5. The van der Waals surface area contributed by atoms with E-state index < -0.39 is 26.5 Å². The van der Waals surface area contributed by atoms with Crippen LogP contribution in [-0.2, 0) is 21.8 Å². The van der Waals surface area contributed by atoms with E-state index in [0.717, 1.165) is 25.0 Å². The quantitative estimate of drug-likeness (QED) is 0.385. The number of aryl methyl sites for hydroxylation is 1. The van der Waals surface area contributed by atoms with Crippen LogP contribution in [0.25, 0.3) is 0 Å². The average Bonchev–Trinajstić information content (AvgIpc) is 3.41. The molecule has 0 saturated carbocycles. The van der Waals surface area contributed by atoms with Crippen LogP contribution in [0.15, 0.2) is 29.2 Å². The standard InChI is InChI=1S/C20H27N5O7S/c1-13(2)11-22-33(29,30)18-9-14(25(27)28)6-7-17(18)32-19-10-16(23-24(19)3)20(26)21-12-15-5-4-8-31-15/h6-7,9-10,13,15,22H,4-5,8,11-12H2,1-3H3,(H,21,26)/t15-/m0/s1. The van der Waals surface area contributed by atoms with Gasteiger partial charge in [0.25, 0.3) is 11.6 Å². The summed E-state index contributed by atoms with van der Waals surface area (Å²) in [5, 5.41) is 18.1. The monoisotopic (exact) mass is 481 g/mol. The fourth-order valence-corrected chi connectivity index (χ4v) is 4.49. The number of carbonyl (C=O) groups excluding carboxylic acids is 1. The molecule has 12 nitrogen and oxygen atoms in total. The Morgan fingerprint density at radius 3 is 2.79 bits per heavy atom. The summed E-state index contributed by atoms with van der Waals surface area (Å²) in [7, 11) is -2.57. The third-order valence-electron chi connectivity index (χ3n) is 4.91. The van der Waals surface area contributed by atoms with E-state index in [1.54, 1.807) is 0 Å². The van der Waals surface area contributed by atoms with Gasteiger partial charge in [-0.3, -0.25) is 14.9 Å². The first-order chi connectivity index (χ1) is 15.6. The molecule has 1 aromatic carbocycles. The Bertz CT molecular complexity index is 1120. The number of hydrogen-bond acceptors (Lipinski definition) is 8. The highest BCUT2D eigenvalue weighted by atomic mass is 32.2. The SMILES string of the molecule is CC(C)CNS(=O)(=O)c1cc([N+](=O)[O-])ccc1Oc1cc(C(=O)NC[C@@H]2CCCO2)nn1C. The van der Waals surface area contributed by atoms with E-state index in [1.807, 2.05) is 13.8 Å². The second kappa shape index (κ2) is 10.3. The number of non-ortho nitro benzene ring substituents is 1. The van der Waals surface area contributed by atoms with Crippen molar-refractivity contribution in [3.8, 4) is 11.6 Å². The van der Waals surface area contributed by atoms with Crippen molar-refractivity contribution in [2.24, 2.45) is 13.0 Å². The van der Waals surface area contributed by atoms with Crippen LogP contribution in [0.1, 0.15) is 37.2 Å². The number of carbonyl (C=O) groups is 1. The average molecular weight is 482 g/mol. The van der Waals surface area contributed by atoms with E-state index >= 15 is 0 Å². The number of aromatic nitrogens is 2. The highest BCUT2D eigenvalue weighted by Crippen LogP contribution is 2.32. The number of nitrogens with zero attached hydrogens (tertiary/aromatic N) is 3. The zero-order valence-electron chi connectivity index (χ0n) is 18.6. The molecular weight excluding hydrogens is 454 g/mol. The molecule has 1 atom stereocenters. The van der Waals surface area contributed by atoms with Gasteiger partial charge in [-0.2, -0.15) is 5.10 Å². The van der Waals surface area contributed by atoms with Crippen LogP contribution < -0.4 is 14.8 Å². The van der Waals surface area contributed by atoms with Crippen molar-refractivity contribution >= 4 is 21.6 Å². The first kappa shape index (κ1) is 24.6. The Balaban J connectivity index is 1.83. The van der Waals surface area contributed by atoms with Crippen LogP contribution in [0, 0.1) is 16.0 Å². The predicted molar refractivity (Wildman–Crippen MR) is 118 cm³/mol. The van der Waals surface area contributed by atoms with E-state index in [2.05, 4.69) is 15.1 Å². The molecular formula is C20H27N5O7S. The number of hydrogen-bond donors (Lipinski definition) is 2. The summed E-state index contributed by atoms with van der Waals surface area (Å²) in [5.74, 6) is -0.445. The molecule has 2 aromatic rings. The molecule has 180 valence electrons. The molecule has 1 amide bonds. The maximum Gasteiger partial charge on any atom is 0.272 e. The summed E-state index contributed by atoms with van der Waals surface area (Å²) in [6, 6.07) is 4.64. The zero-order valence-corrected chi connectivity index (χ0v) is 19.4. The number of nitro benzene ring substituents is 1. The lowest BCUT2D eigenvalue weighted by molar-refractivity contribution is -0.385. The van der Waals surface area contributed by atoms with E-state index in [-0.39, 0.29) is 40.8 Å². The topological polar surface area (TPSA) is 155 Å². The molecule has 33 heavy (non-hydrogen) atoms. The number of rotatable bonds is 10. The molecule has 1 fully saturated rings. The number of sulfonamides is 1. The van der Waals surface area contributed by atoms with Crippen molar-refractivity contribution in [1.29, 1.82) is 0 Å². The fraction of sp³-hybridized carbons (Fsp3) is 0.500. The molecule has 0 bridgehead atoms. The lowest BCUT2D eigenvalue weighted by Gasteiger charge is -2.13. The van der Waals surface area contributed by atoms with Crippen molar-refractivity contribution in [2.45, 2.75) is 37.7 Å². The van der Waals surface area contributed by atoms with E-state index in [1.165, 1.54) is 23.9 Å². The molecule has 2 heterocycles. The maximum absolute atomic E-state index is 12.8. The van der Waals surface area contributed by atoms with Crippen LogP contribution in [0.5, 0.6) is 11.6 Å². The molecule has 0 radical (unpaired) electrons. The van der Waals surface area contributed by atoms with Gasteiger partial charge in [0.2, 0.25) is 15.9 Å². The minimum atomic E-state index is -4.10. The van der Waals surface area contributed by atoms with Crippen molar-refractivity contribution < 1.29 is 27.6 Å². The van der Waals surface area contributed by atoms with E-state index in [9.17, 15) is 23.3 Å². The van der Waals surface area contributed by atoms with Crippen LogP contribution in [0.3, 0.4) is 0 Å². The number of amides is 1. The molecule has 1 saturated heterocycles. The van der Waals surface area contributed by atoms with Gasteiger partial charge in [-0.05, 0) is 24.8 Å². The highest BCUT2D eigenvalue weighted by Gasteiger charge is 2.25. The van der Waals surface area contributed by atoms with Crippen LogP contribution in [-0.4, -0.2) is 54.8 Å². The molecule has 3 rings (SSSR count). The predicted octanol–water partition coefficient (Wildman–Crippen LogP) is 1.96. The van der Waals surface area contributed by atoms with Crippen molar-refractivity contribution in [1.82, 2.24) is 19.8 Å². The molecule has 0 aliphatic carbocycles. The zero-order chi connectivity index (χ0) is 24.2. The Morgan fingerprint density at radius 1 is 1.39 bits per heavy atom. The van der Waals surface area contributed by atoms with Gasteiger partial charge >= 0.3 is 0 Å². The Morgan fingerprint density at radius 2 is 2.15 bits per heavy atom. The lowest BCUT2D eigenvalue weighted by Crippen LogP contribution is -2.32. The third-order valence-corrected chi connectivity index (χ3v) is 6.35. The largest absolute Gasteiger partial charge is 0.438 e. The number of benzene rings is 1. The Labute approximate surface area is 191 Å². The van der Waals surface area contributed by atoms with Gasteiger partial charge < -0.3 is 14.8 Å². The summed E-state index contributed by atoms with van der Waals surface area (Å²) in [4.78, 5) is 22.5. The fourth-order valence-electron chi connectivity index (χ4n) is 3.13. The maximum atomic E-state index is 12.8. The second-order valence-electron chi connectivity index (χ2n) is 8.07. The van der Waals surface area contributed by atoms with Gasteiger partial charge in [0.05, 0.1) is 11.0 Å². The number of ether oxygens (including phenoxy) is 2. The molecule has 0 spiro atoms. The molecule has 0 unspecified atom stereocenters. The van der Waals surface area contributed by atoms with Gasteiger partial charge in [0.1, 0.15) is 10.6 Å². The van der Waals surface area contributed by atoms with Gasteiger partial charge in [-0.1, -0.05) is 13.8 Å². The minimum Gasteiger partial charge on any atom is -0.438 e. The molecule has 1 aliphatic rings. The Hall–Kier alpha value is -3.03. The van der Waals surface area contributed by atoms with Crippen molar-refractivity contribution in [3.63, 3.8) is 0 Å². The third kappa shape index (κ3) is 6.27. The van der Waals surface area contributed by atoms with Gasteiger partial charge in [-0.25, -0.2) is 17.8 Å². The summed E-state index contributed by atoms with van der Waals surface area (Å²) in [5.41, 5.74) is -0.318. The summed E-state index contributed by atoms with van der Waals surface area (Å²) in [6.07, 6.45) is 1.80. The molecule has 2 N–H and O–H groups in total. The molecule has 1 aromatic heterocycles. The normalized spacial score (nSPS) is 16.2. The van der Waals surface area contributed by atoms with Crippen LogP contribution in [0.2, 0.25) is 0 Å². The molecule has 1 aliphatic heterocycles.